The Morgan fingerprint density at radius 1 is 1.50 bits per heavy atom. The van der Waals surface area contributed by atoms with Crippen LogP contribution in [0.15, 0.2) is 23.8 Å². The molecule has 10 heavy (non-hydrogen) atoms. The summed E-state index contributed by atoms with van der Waals surface area (Å²) in [5.41, 5.74) is 1.63. The molecule has 0 N–H and O–H groups in total. The SMILES string of the molecule is CCC1=CC=CCC1CC. The van der Waals surface area contributed by atoms with Gasteiger partial charge in [0, 0.05) is 0 Å². The van der Waals surface area contributed by atoms with Crippen molar-refractivity contribution in [2.45, 2.75) is 33.1 Å². The molecule has 0 saturated heterocycles. The molecule has 0 nitrogen and oxygen atoms in total. The fourth-order valence-electron chi connectivity index (χ4n) is 1.56. The molecule has 0 aromatic rings. The maximum atomic E-state index is 2.28. The summed E-state index contributed by atoms with van der Waals surface area (Å²) in [5, 5.41) is 0. The van der Waals surface area contributed by atoms with Crippen molar-refractivity contribution >= 4 is 0 Å². The lowest BCUT2D eigenvalue weighted by Crippen LogP contribution is -2.03. The van der Waals surface area contributed by atoms with E-state index >= 15 is 0 Å². The number of rotatable bonds is 2. The molecule has 0 amide bonds. The highest BCUT2D eigenvalue weighted by atomic mass is 14.1. The van der Waals surface area contributed by atoms with E-state index in [1.165, 1.54) is 19.3 Å². The minimum absolute atomic E-state index is 0.843. The summed E-state index contributed by atoms with van der Waals surface area (Å²) >= 11 is 0. The third-order valence-corrected chi connectivity index (χ3v) is 2.29. The highest BCUT2D eigenvalue weighted by Gasteiger charge is 2.10. The third-order valence-electron chi connectivity index (χ3n) is 2.29. The first-order chi connectivity index (χ1) is 4.88. The van der Waals surface area contributed by atoms with Gasteiger partial charge in [-0.05, 0) is 25.2 Å². The predicted octanol–water partition coefficient (Wildman–Crippen LogP) is 3.31. The van der Waals surface area contributed by atoms with Gasteiger partial charge in [-0.15, -0.1) is 0 Å². The molecule has 0 saturated carbocycles. The number of hydrogen-bond donors (Lipinski definition) is 0. The van der Waals surface area contributed by atoms with Crippen LogP contribution < -0.4 is 0 Å². The van der Waals surface area contributed by atoms with Crippen molar-refractivity contribution in [1.29, 1.82) is 0 Å². The van der Waals surface area contributed by atoms with E-state index in [4.69, 9.17) is 0 Å². The molecule has 0 aliphatic heterocycles. The molecular formula is C10H16. The molecule has 1 rings (SSSR count). The lowest BCUT2D eigenvalue weighted by atomic mass is 9.88. The van der Waals surface area contributed by atoms with Crippen molar-refractivity contribution < 1.29 is 0 Å². The molecule has 56 valence electrons. The lowest BCUT2D eigenvalue weighted by Gasteiger charge is -2.18. The molecule has 1 unspecified atom stereocenters. The van der Waals surface area contributed by atoms with Crippen LogP contribution in [0.4, 0.5) is 0 Å². The van der Waals surface area contributed by atoms with E-state index in [0.717, 1.165) is 5.92 Å². The summed E-state index contributed by atoms with van der Waals surface area (Å²) in [6.45, 7) is 4.51. The second kappa shape index (κ2) is 3.60. The topological polar surface area (TPSA) is 0 Å². The molecular weight excluding hydrogens is 120 g/mol. The number of hydrogen-bond acceptors (Lipinski definition) is 0. The second-order valence-corrected chi connectivity index (χ2v) is 2.86. The first-order valence-corrected chi connectivity index (χ1v) is 4.24. The molecule has 0 radical (unpaired) electrons. The summed E-state index contributed by atoms with van der Waals surface area (Å²) in [6, 6.07) is 0. The summed E-state index contributed by atoms with van der Waals surface area (Å²) < 4.78 is 0. The van der Waals surface area contributed by atoms with Crippen molar-refractivity contribution in [3.8, 4) is 0 Å². The smallest absolute Gasteiger partial charge is 0.0168 e. The zero-order chi connectivity index (χ0) is 7.40. The van der Waals surface area contributed by atoms with Gasteiger partial charge in [-0.1, -0.05) is 37.6 Å². The molecule has 1 aliphatic rings. The Kier molecular flexibility index (Phi) is 2.73. The Balaban J connectivity index is 2.61. The van der Waals surface area contributed by atoms with Gasteiger partial charge in [0.2, 0.25) is 0 Å². The summed E-state index contributed by atoms with van der Waals surface area (Å²) in [5.74, 6) is 0.843. The Morgan fingerprint density at radius 3 is 2.80 bits per heavy atom. The zero-order valence-corrected chi connectivity index (χ0v) is 6.93. The Morgan fingerprint density at radius 2 is 2.30 bits per heavy atom. The van der Waals surface area contributed by atoms with Crippen LogP contribution in [0.1, 0.15) is 33.1 Å². The highest BCUT2D eigenvalue weighted by molar-refractivity contribution is 5.20. The van der Waals surface area contributed by atoms with E-state index in [1.807, 2.05) is 0 Å². The molecule has 0 heteroatoms. The first kappa shape index (κ1) is 7.59. The van der Waals surface area contributed by atoms with Crippen molar-refractivity contribution in [2.24, 2.45) is 5.92 Å². The van der Waals surface area contributed by atoms with Crippen molar-refractivity contribution in [2.75, 3.05) is 0 Å². The second-order valence-electron chi connectivity index (χ2n) is 2.86. The van der Waals surface area contributed by atoms with Crippen molar-refractivity contribution in [3.63, 3.8) is 0 Å². The van der Waals surface area contributed by atoms with Crippen LogP contribution in [0.25, 0.3) is 0 Å². The predicted molar refractivity (Wildman–Crippen MR) is 45.9 cm³/mol. The molecule has 0 heterocycles. The average Bonchev–Trinajstić information content (AvgIpc) is 2.04. The van der Waals surface area contributed by atoms with Crippen LogP contribution in [-0.2, 0) is 0 Å². The van der Waals surface area contributed by atoms with Gasteiger partial charge in [0.15, 0.2) is 0 Å². The standard InChI is InChI=1S/C10H16/c1-3-9-7-5-6-8-10(9)4-2/h5-7,10H,3-4,8H2,1-2H3. The van der Waals surface area contributed by atoms with Gasteiger partial charge in [0.25, 0.3) is 0 Å². The molecule has 1 aliphatic carbocycles. The molecule has 1 atom stereocenters. The highest BCUT2D eigenvalue weighted by Crippen LogP contribution is 2.25. The molecule has 0 spiro atoms. The molecule has 0 aromatic carbocycles. The van der Waals surface area contributed by atoms with Gasteiger partial charge in [-0.25, -0.2) is 0 Å². The van der Waals surface area contributed by atoms with Gasteiger partial charge in [-0.2, -0.15) is 0 Å². The number of allylic oxidation sites excluding steroid dienone is 4. The lowest BCUT2D eigenvalue weighted by molar-refractivity contribution is 0.577. The van der Waals surface area contributed by atoms with E-state index in [-0.39, 0.29) is 0 Å². The van der Waals surface area contributed by atoms with Crippen LogP contribution >= 0.6 is 0 Å². The Bertz CT molecular complexity index is 151. The first-order valence-electron chi connectivity index (χ1n) is 4.24. The van der Waals surface area contributed by atoms with Crippen LogP contribution in [0.5, 0.6) is 0 Å². The third kappa shape index (κ3) is 1.50. The van der Waals surface area contributed by atoms with Crippen LogP contribution in [0.2, 0.25) is 0 Å². The van der Waals surface area contributed by atoms with Gasteiger partial charge in [-0.3, -0.25) is 0 Å². The van der Waals surface area contributed by atoms with Crippen LogP contribution in [0, 0.1) is 5.92 Å². The van der Waals surface area contributed by atoms with E-state index in [0.29, 0.717) is 0 Å². The molecule has 0 aromatic heterocycles. The Labute approximate surface area is 63.6 Å². The van der Waals surface area contributed by atoms with Crippen molar-refractivity contribution in [3.05, 3.63) is 23.8 Å². The summed E-state index contributed by atoms with van der Waals surface area (Å²) in [6.07, 6.45) is 10.5. The fraction of sp³-hybridized carbons (Fsp3) is 0.600. The van der Waals surface area contributed by atoms with E-state index in [9.17, 15) is 0 Å². The van der Waals surface area contributed by atoms with Crippen LogP contribution in [0.3, 0.4) is 0 Å². The summed E-state index contributed by atoms with van der Waals surface area (Å²) in [4.78, 5) is 0. The maximum absolute atomic E-state index is 2.28. The van der Waals surface area contributed by atoms with E-state index in [2.05, 4.69) is 32.1 Å². The largest absolute Gasteiger partial charge is 0.0839 e. The van der Waals surface area contributed by atoms with Gasteiger partial charge in [0.05, 0.1) is 0 Å². The minimum atomic E-state index is 0.843. The zero-order valence-electron chi connectivity index (χ0n) is 6.93. The van der Waals surface area contributed by atoms with Crippen LogP contribution in [-0.4, -0.2) is 0 Å². The van der Waals surface area contributed by atoms with Gasteiger partial charge in [0.1, 0.15) is 0 Å². The van der Waals surface area contributed by atoms with E-state index in [1.54, 1.807) is 5.57 Å². The molecule has 0 bridgehead atoms. The van der Waals surface area contributed by atoms with E-state index < -0.39 is 0 Å². The van der Waals surface area contributed by atoms with Crippen molar-refractivity contribution in [1.82, 2.24) is 0 Å². The average molecular weight is 136 g/mol. The minimum Gasteiger partial charge on any atom is -0.0839 e. The van der Waals surface area contributed by atoms with Gasteiger partial charge >= 0.3 is 0 Å². The maximum Gasteiger partial charge on any atom is -0.0168 e. The Hall–Kier alpha value is -0.520. The monoisotopic (exact) mass is 136 g/mol. The summed E-state index contributed by atoms with van der Waals surface area (Å²) in [7, 11) is 0. The normalized spacial score (nSPS) is 24.6. The fourth-order valence-corrected chi connectivity index (χ4v) is 1.56. The quantitative estimate of drug-likeness (QED) is 0.546. The molecule has 0 fully saturated rings. The van der Waals surface area contributed by atoms with Gasteiger partial charge < -0.3 is 0 Å².